The van der Waals surface area contributed by atoms with Gasteiger partial charge >= 0.3 is 0 Å². The zero-order valence-corrected chi connectivity index (χ0v) is 25.9. The van der Waals surface area contributed by atoms with E-state index in [1.165, 1.54) is 35.2 Å². The van der Waals surface area contributed by atoms with Crippen molar-refractivity contribution in [2.75, 3.05) is 10.8 Å². The Hall–Kier alpha value is -2.49. The number of carbonyl (C=O) groups is 2. The summed E-state index contributed by atoms with van der Waals surface area (Å²) in [5, 5.41) is 3.81. The predicted octanol–water partition coefficient (Wildman–Crippen LogP) is 6.83. The van der Waals surface area contributed by atoms with Gasteiger partial charge in [-0.2, -0.15) is 0 Å². The number of rotatable bonds is 11. The van der Waals surface area contributed by atoms with Crippen molar-refractivity contribution < 1.29 is 18.0 Å². The summed E-state index contributed by atoms with van der Waals surface area (Å²) in [6.45, 7) is 4.56. The summed E-state index contributed by atoms with van der Waals surface area (Å²) in [4.78, 5) is 28.3. The van der Waals surface area contributed by atoms with Crippen LogP contribution < -0.4 is 9.62 Å². The van der Waals surface area contributed by atoms with Gasteiger partial charge in [0.2, 0.25) is 11.8 Å². The van der Waals surface area contributed by atoms with Crippen molar-refractivity contribution in [3.05, 3.63) is 92.4 Å². The molecule has 0 aliphatic rings. The highest BCUT2D eigenvalue weighted by Crippen LogP contribution is 2.31. The highest BCUT2D eigenvalue weighted by molar-refractivity contribution is 7.92. The topological polar surface area (TPSA) is 86.8 Å². The van der Waals surface area contributed by atoms with E-state index >= 15 is 0 Å². The molecule has 0 spiro atoms. The fourth-order valence-corrected chi connectivity index (χ4v) is 6.03. The van der Waals surface area contributed by atoms with Crippen molar-refractivity contribution in [2.45, 2.75) is 50.7 Å². The van der Waals surface area contributed by atoms with Crippen LogP contribution in [0.25, 0.3) is 0 Å². The van der Waals surface area contributed by atoms with E-state index in [9.17, 15) is 18.0 Å². The number of hydrogen-bond acceptors (Lipinski definition) is 4. The number of anilines is 1. The third-order valence-electron chi connectivity index (χ3n) is 6.36. The zero-order chi connectivity index (χ0) is 29.6. The third-order valence-corrected chi connectivity index (χ3v) is 9.60. The zero-order valence-electron chi connectivity index (χ0n) is 22.1. The molecule has 1 N–H and O–H groups in total. The molecule has 0 saturated carbocycles. The second-order valence-corrected chi connectivity index (χ2v) is 12.6. The predicted molar refractivity (Wildman–Crippen MR) is 162 cm³/mol. The number of benzene rings is 3. The molecule has 0 aliphatic heterocycles. The Bertz CT molecular complexity index is 1450. The van der Waals surface area contributed by atoms with Gasteiger partial charge in [-0.05, 0) is 62.7 Å². The number of carbonyl (C=O) groups excluding carboxylic acids is 2. The molecule has 0 bridgehead atoms. The SMILES string of the molecule is CC[C@@H](C)NC(=O)[C@H](C)N(Cc1c(Cl)cccc1Cl)C(=O)CN(c1ccc(Cl)c(Cl)c1)S(=O)(=O)c1ccccc1. The fourth-order valence-electron chi connectivity index (χ4n) is 3.79. The minimum Gasteiger partial charge on any atom is -0.352 e. The lowest BCUT2D eigenvalue weighted by Gasteiger charge is -2.33. The van der Waals surface area contributed by atoms with Crippen molar-refractivity contribution in [1.82, 2.24) is 10.2 Å². The van der Waals surface area contributed by atoms with Crippen LogP contribution in [0.5, 0.6) is 0 Å². The molecule has 3 aromatic rings. The van der Waals surface area contributed by atoms with Crippen LogP contribution in [0, 0.1) is 0 Å². The lowest BCUT2D eigenvalue weighted by atomic mass is 10.1. The molecule has 0 aliphatic carbocycles. The van der Waals surface area contributed by atoms with Crippen LogP contribution in [0.3, 0.4) is 0 Å². The molecule has 0 saturated heterocycles. The average Bonchev–Trinajstić information content (AvgIpc) is 2.93. The van der Waals surface area contributed by atoms with E-state index in [0.29, 0.717) is 22.0 Å². The minimum absolute atomic E-state index is 0.0304. The summed E-state index contributed by atoms with van der Waals surface area (Å²) in [6, 6.07) is 15.7. The van der Waals surface area contributed by atoms with Crippen molar-refractivity contribution >= 4 is 73.9 Å². The highest BCUT2D eigenvalue weighted by atomic mass is 35.5. The maximum atomic E-state index is 14.0. The van der Waals surface area contributed by atoms with Gasteiger partial charge < -0.3 is 10.2 Å². The number of hydrogen-bond donors (Lipinski definition) is 1. The van der Waals surface area contributed by atoms with Crippen LogP contribution in [-0.4, -0.2) is 43.8 Å². The van der Waals surface area contributed by atoms with E-state index < -0.39 is 34.4 Å². The first-order valence-corrected chi connectivity index (χ1v) is 15.4. The molecule has 12 heteroatoms. The molecule has 0 fully saturated rings. The Labute approximate surface area is 255 Å². The molecule has 0 unspecified atom stereocenters. The maximum absolute atomic E-state index is 14.0. The Balaban J connectivity index is 2.08. The summed E-state index contributed by atoms with van der Waals surface area (Å²) < 4.78 is 28.5. The van der Waals surface area contributed by atoms with Gasteiger partial charge in [-0.1, -0.05) is 77.6 Å². The van der Waals surface area contributed by atoms with Crippen LogP contribution in [-0.2, 0) is 26.2 Å². The number of sulfonamides is 1. The third kappa shape index (κ3) is 7.62. The van der Waals surface area contributed by atoms with E-state index in [4.69, 9.17) is 46.4 Å². The molecular weight excluding hydrogens is 616 g/mol. The van der Waals surface area contributed by atoms with Gasteiger partial charge in [-0.25, -0.2) is 8.42 Å². The standard InChI is InChI=1S/C28H29Cl4N3O4S/c1-4-18(2)33-28(37)19(3)34(16-22-23(29)11-8-12-24(22)30)27(36)17-35(20-13-14-25(31)26(32)15-20)40(38,39)21-9-6-5-7-10-21/h5-15,18-19H,4,16-17H2,1-3H3,(H,33,37)/t18-,19+/m1/s1. The van der Waals surface area contributed by atoms with Gasteiger partial charge in [0, 0.05) is 28.2 Å². The maximum Gasteiger partial charge on any atom is 0.264 e. The van der Waals surface area contributed by atoms with Gasteiger partial charge in [-0.3, -0.25) is 13.9 Å². The summed E-state index contributed by atoms with van der Waals surface area (Å²) in [6.07, 6.45) is 0.684. The molecule has 2 atom stereocenters. The molecular formula is C28H29Cl4N3O4S. The molecule has 0 heterocycles. The summed E-state index contributed by atoms with van der Waals surface area (Å²) >= 11 is 25.1. The quantitative estimate of drug-likeness (QED) is 0.248. The molecule has 3 aromatic carbocycles. The summed E-state index contributed by atoms with van der Waals surface area (Å²) in [5.41, 5.74) is 0.549. The van der Waals surface area contributed by atoms with Crippen LogP contribution in [0.15, 0.2) is 71.6 Å². The molecule has 214 valence electrons. The van der Waals surface area contributed by atoms with Gasteiger partial charge in [0.05, 0.1) is 20.6 Å². The lowest BCUT2D eigenvalue weighted by molar-refractivity contribution is -0.139. The van der Waals surface area contributed by atoms with Crippen LogP contribution >= 0.6 is 46.4 Å². The normalized spacial score (nSPS) is 12.9. The Morgan fingerprint density at radius 2 is 1.48 bits per heavy atom. The first-order valence-electron chi connectivity index (χ1n) is 12.4. The first-order chi connectivity index (χ1) is 18.9. The monoisotopic (exact) mass is 643 g/mol. The van der Waals surface area contributed by atoms with Crippen molar-refractivity contribution in [1.29, 1.82) is 0 Å². The molecule has 2 amide bonds. The largest absolute Gasteiger partial charge is 0.352 e. The summed E-state index contributed by atoms with van der Waals surface area (Å²) in [5.74, 6) is -1.06. The van der Waals surface area contributed by atoms with Crippen LogP contribution in [0.1, 0.15) is 32.8 Å². The van der Waals surface area contributed by atoms with Gasteiger partial charge in [0.25, 0.3) is 10.0 Å². The number of nitrogens with zero attached hydrogens (tertiary/aromatic N) is 2. The average molecular weight is 645 g/mol. The molecule has 0 aromatic heterocycles. The Kier molecular flexibility index (Phi) is 11.1. The number of amides is 2. The van der Waals surface area contributed by atoms with Crippen LogP contribution in [0.4, 0.5) is 5.69 Å². The minimum atomic E-state index is -4.24. The highest BCUT2D eigenvalue weighted by Gasteiger charge is 2.33. The van der Waals surface area contributed by atoms with E-state index in [1.54, 1.807) is 43.3 Å². The van der Waals surface area contributed by atoms with Crippen LogP contribution in [0.2, 0.25) is 20.1 Å². The Morgan fingerprint density at radius 1 is 0.850 bits per heavy atom. The van der Waals surface area contributed by atoms with Crippen molar-refractivity contribution in [2.24, 2.45) is 0 Å². The van der Waals surface area contributed by atoms with E-state index in [-0.39, 0.29) is 33.2 Å². The number of halogens is 4. The van der Waals surface area contributed by atoms with Crippen molar-refractivity contribution in [3.8, 4) is 0 Å². The molecule has 40 heavy (non-hydrogen) atoms. The van der Waals surface area contributed by atoms with E-state index in [1.807, 2.05) is 13.8 Å². The van der Waals surface area contributed by atoms with Gasteiger partial charge in [0.1, 0.15) is 12.6 Å². The second-order valence-electron chi connectivity index (χ2n) is 9.14. The van der Waals surface area contributed by atoms with Crippen molar-refractivity contribution in [3.63, 3.8) is 0 Å². The Morgan fingerprint density at radius 3 is 2.05 bits per heavy atom. The molecule has 3 rings (SSSR count). The second kappa shape index (κ2) is 13.9. The summed E-state index contributed by atoms with van der Waals surface area (Å²) in [7, 11) is -4.24. The van der Waals surface area contributed by atoms with E-state index in [2.05, 4.69) is 5.32 Å². The van der Waals surface area contributed by atoms with Gasteiger partial charge in [0.15, 0.2) is 0 Å². The molecule has 7 nitrogen and oxygen atoms in total. The number of nitrogens with one attached hydrogen (secondary N) is 1. The molecule has 0 radical (unpaired) electrons. The first kappa shape index (κ1) is 32.0. The fraction of sp³-hybridized carbons (Fsp3) is 0.286. The lowest BCUT2D eigenvalue weighted by Crippen LogP contribution is -2.52. The smallest absolute Gasteiger partial charge is 0.264 e. The van der Waals surface area contributed by atoms with Gasteiger partial charge in [-0.15, -0.1) is 0 Å². The van der Waals surface area contributed by atoms with E-state index in [0.717, 1.165) is 4.31 Å².